The molecule has 180 valence electrons. The first kappa shape index (κ1) is 25.2. The third kappa shape index (κ3) is 6.12. The Kier molecular flexibility index (Phi) is 8.62. The van der Waals surface area contributed by atoms with Gasteiger partial charge in [0.15, 0.2) is 23.3 Å². The average Bonchev–Trinajstić information content (AvgIpc) is 2.86. The zero-order chi connectivity index (χ0) is 24.7. The lowest BCUT2D eigenvalue weighted by Crippen LogP contribution is -2.11. The van der Waals surface area contributed by atoms with Crippen LogP contribution in [0.25, 0.3) is 0 Å². The van der Waals surface area contributed by atoms with Crippen LogP contribution in [0.15, 0.2) is 48.5 Å². The Morgan fingerprint density at radius 1 is 0.706 bits per heavy atom. The lowest BCUT2D eigenvalue weighted by Gasteiger charge is -2.10. The fourth-order valence-electron chi connectivity index (χ4n) is 3.23. The summed E-state index contributed by atoms with van der Waals surface area (Å²) in [6.07, 6.45) is 4.57. The van der Waals surface area contributed by atoms with Crippen molar-refractivity contribution < 1.29 is 36.2 Å². The fraction of sp³-hybridized carbons (Fsp3) is 0.269. The molecule has 0 atom stereocenters. The molecule has 0 spiro atoms. The molecule has 3 rings (SSSR count). The van der Waals surface area contributed by atoms with Gasteiger partial charge in [-0.05, 0) is 48.2 Å². The van der Waals surface area contributed by atoms with E-state index in [0.717, 1.165) is 18.4 Å². The van der Waals surface area contributed by atoms with Gasteiger partial charge in [-0.15, -0.1) is 0 Å². The van der Waals surface area contributed by atoms with Crippen LogP contribution in [0.2, 0.25) is 0 Å². The Balaban J connectivity index is 1.54. The molecule has 0 aliphatic carbocycles. The van der Waals surface area contributed by atoms with E-state index in [1.165, 1.54) is 42.7 Å². The van der Waals surface area contributed by atoms with Crippen molar-refractivity contribution in [1.82, 2.24) is 0 Å². The molecule has 3 aromatic rings. The summed E-state index contributed by atoms with van der Waals surface area (Å²) in [4.78, 5) is 12.1. The van der Waals surface area contributed by atoms with E-state index < -0.39 is 47.2 Å². The molecular weight excluding hydrogens is 455 g/mol. The van der Waals surface area contributed by atoms with Crippen LogP contribution < -0.4 is 4.74 Å². The smallest absolute Gasteiger partial charge is 0.338 e. The van der Waals surface area contributed by atoms with Crippen molar-refractivity contribution in [2.45, 2.75) is 45.8 Å². The second-order valence-corrected chi connectivity index (χ2v) is 7.71. The van der Waals surface area contributed by atoms with Gasteiger partial charge in [-0.3, -0.25) is 0 Å². The van der Waals surface area contributed by atoms with E-state index in [2.05, 4.69) is 19.1 Å². The summed E-state index contributed by atoms with van der Waals surface area (Å²) in [6, 6.07) is 13.9. The fourth-order valence-corrected chi connectivity index (χ4v) is 3.23. The highest BCUT2D eigenvalue weighted by molar-refractivity contribution is 5.89. The Labute approximate surface area is 194 Å². The van der Waals surface area contributed by atoms with Gasteiger partial charge in [0.2, 0.25) is 5.82 Å². The number of unbranched alkanes of at least 4 members (excludes halogenated alkanes) is 2. The van der Waals surface area contributed by atoms with Crippen LogP contribution in [0, 0.1) is 29.1 Å². The molecule has 34 heavy (non-hydrogen) atoms. The van der Waals surface area contributed by atoms with Crippen molar-refractivity contribution in [3.63, 3.8) is 0 Å². The molecule has 0 heterocycles. The maximum absolute atomic E-state index is 13.7. The lowest BCUT2D eigenvalue weighted by molar-refractivity contribution is 0.0462. The second kappa shape index (κ2) is 11.6. The number of esters is 1. The molecule has 3 aromatic carbocycles. The zero-order valence-electron chi connectivity index (χ0n) is 18.5. The number of halogens is 5. The number of rotatable bonds is 10. The molecule has 0 fully saturated rings. The van der Waals surface area contributed by atoms with Crippen LogP contribution in [-0.2, 0) is 24.4 Å². The van der Waals surface area contributed by atoms with Crippen LogP contribution in [0.5, 0.6) is 5.75 Å². The lowest BCUT2D eigenvalue weighted by atomic mass is 10.1. The van der Waals surface area contributed by atoms with Crippen molar-refractivity contribution in [1.29, 1.82) is 0 Å². The monoisotopic (exact) mass is 478 g/mol. The topological polar surface area (TPSA) is 35.5 Å². The predicted octanol–water partition coefficient (Wildman–Crippen LogP) is 7.05. The highest BCUT2D eigenvalue weighted by Gasteiger charge is 2.26. The van der Waals surface area contributed by atoms with E-state index in [4.69, 9.17) is 9.47 Å². The molecule has 0 bridgehead atoms. The number of hydrogen-bond acceptors (Lipinski definition) is 3. The minimum Gasteiger partial charge on any atom is -0.489 e. The van der Waals surface area contributed by atoms with E-state index in [1.807, 2.05) is 12.1 Å². The number of carbonyl (C=O) groups excluding carboxylic acids is 1. The van der Waals surface area contributed by atoms with Gasteiger partial charge >= 0.3 is 5.97 Å². The quantitative estimate of drug-likeness (QED) is 0.103. The summed E-state index contributed by atoms with van der Waals surface area (Å²) >= 11 is 0. The van der Waals surface area contributed by atoms with Crippen LogP contribution >= 0.6 is 0 Å². The van der Waals surface area contributed by atoms with Gasteiger partial charge in [0, 0.05) is 0 Å². The molecule has 8 heteroatoms. The standard InChI is InChI=1S/C26H23F5O3/c1-2-3-4-5-16-6-8-17(9-7-16)14-33-19-12-10-18(11-13-19)26(32)34-15-20-21(27)23(29)25(31)24(30)22(20)28/h6-13H,2-5,14-15H2,1H3. The van der Waals surface area contributed by atoms with Crippen LogP contribution in [-0.4, -0.2) is 5.97 Å². The third-order valence-corrected chi connectivity index (χ3v) is 5.24. The van der Waals surface area contributed by atoms with E-state index in [-0.39, 0.29) is 5.56 Å². The Morgan fingerprint density at radius 2 is 1.26 bits per heavy atom. The summed E-state index contributed by atoms with van der Waals surface area (Å²) in [5.74, 6) is -11.1. The number of carbonyl (C=O) groups is 1. The normalized spacial score (nSPS) is 10.9. The van der Waals surface area contributed by atoms with Gasteiger partial charge in [-0.25, -0.2) is 26.7 Å². The minimum atomic E-state index is -2.27. The van der Waals surface area contributed by atoms with Gasteiger partial charge in [-0.1, -0.05) is 44.0 Å². The zero-order valence-corrected chi connectivity index (χ0v) is 18.5. The first-order valence-electron chi connectivity index (χ1n) is 10.8. The van der Waals surface area contributed by atoms with E-state index in [1.54, 1.807) is 0 Å². The number of aryl methyl sites for hydroxylation is 1. The van der Waals surface area contributed by atoms with Crippen LogP contribution in [0.3, 0.4) is 0 Å². The van der Waals surface area contributed by atoms with Crippen molar-refractivity contribution >= 4 is 5.97 Å². The molecule has 0 N–H and O–H groups in total. The highest BCUT2D eigenvalue weighted by atomic mass is 19.2. The van der Waals surface area contributed by atoms with Crippen molar-refractivity contribution in [2.24, 2.45) is 0 Å². The highest BCUT2D eigenvalue weighted by Crippen LogP contribution is 2.24. The summed E-state index contributed by atoms with van der Waals surface area (Å²) in [7, 11) is 0. The molecule has 0 unspecified atom stereocenters. The summed E-state index contributed by atoms with van der Waals surface area (Å²) in [6.45, 7) is 1.37. The molecule has 0 radical (unpaired) electrons. The Bertz CT molecular complexity index is 1100. The third-order valence-electron chi connectivity index (χ3n) is 5.24. The summed E-state index contributed by atoms with van der Waals surface area (Å²) < 4.78 is 77.4. The largest absolute Gasteiger partial charge is 0.489 e. The Morgan fingerprint density at radius 3 is 1.85 bits per heavy atom. The van der Waals surface area contributed by atoms with E-state index >= 15 is 0 Å². The van der Waals surface area contributed by atoms with Gasteiger partial charge < -0.3 is 9.47 Å². The average molecular weight is 478 g/mol. The van der Waals surface area contributed by atoms with Gasteiger partial charge in [0.1, 0.15) is 19.0 Å². The molecule has 0 amide bonds. The molecule has 3 nitrogen and oxygen atoms in total. The molecule has 0 aliphatic heterocycles. The molecular formula is C26H23F5O3. The van der Waals surface area contributed by atoms with E-state index in [9.17, 15) is 26.7 Å². The van der Waals surface area contributed by atoms with E-state index in [0.29, 0.717) is 12.4 Å². The number of benzene rings is 3. The molecule has 0 saturated heterocycles. The maximum Gasteiger partial charge on any atom is 0.338 e. The Hall–Kier alpha value is -3.42. The van der Waals surface area contributed by atoms with Crippen molar-refractivity contribution in [2.75, 3.05) is 0 Å². The molecule has 0 aliphatic rings. The van der Waals surface area contributed by atoms with Crippen molar-refractivity contribution in [3.05, 3.63) is 99.9 Å². The van der Waals surface area contributed by atoms with Crippen LogP contribution in [0.4, 0.5) is 22.0 Å². The SMILES string of the molecule is CCCCCc1ccc(COc2ccc(C(=O)OCc3c(F)c(F)c(F)c(F)c3F)cc2)cc1. The minimum absolute atomic E-state index is 0.0210. The van der Waals surface area contributed by atoms with Crippen molar-refractivity contribution in [3.8, 4) is 5.75 Å². The van der Waals surface area contributed by atoms with Gasteiger partial charge in [0.25, 0.3) is 0 Å². The summed E-state index contributed by atoms with van der Waals surface area (Å²) in [5, 5.41) is 0. The maximum atomic E-state index is 13.7. The second-order valence-electron chi connectivity index (χ2n) is 7.71. The predicted molar refractivity (Wildman–Crippen MR) is 116 cm³/mol. The van der Waals surface area contributed by atoms with Gasteiger partial charge in [0.05, 0.1) is 11.1 Å². The number of ether oxygens (including phenoxy) is 2. The first-order valence-corrected chi connectivity index (χ1v) is 10.8. The molecule has 0 saturated carbocycles. The molecule has 0 aromatic heterocycles. The summed E-state index contributed by atoms with van der Waals surface area (Å²) in [5.41, 5.74) is 1.05. The first-order chi connectivity index (χ1) is 16.3. The van der Waals surface area contributed by atoms with Crippen LogP contribution in [0.1, 0.15) is 53.2 Å². The number of hydrogen-bond donors (Lipinski definition) is 0. The van der Waals surface area contributed by atoms with Gasteiger partial charge in [-0.2, -0.15) is 0 Å².